The number of nitrogens with zero attached hydrogens (tertiary/aromatic N) is 5. The molecule has 248 valence electrons. The van der Waals surface area contributed by atoms with Crippen molar-refractivity contribution >= 4 is 11.8 Å². The monoisotopic (exact) mass is 625 g/mol. The molecule has 3 aliphatic rings. The lowest BCUT2D eigenvalue weighted by Gasteiger charge is -2.47. The number of rotatable bonds is 16. The minimum Gasteiger partial charge on any atom is -0.381 e. The fourth-order valence-electron chi connectivity index (χ4n) is 6.18. The summed E-state index contributed by atoms with van der Waals surface area (Å²) in [6.45, 7) is 7.12. The molecule has 1 spiro atoms. The number of ether oxygens (including phenoxy) is 4. The highest BCUT2D eigenvalue weighted by molar-refractivity contribution is 5.92. The molecule has 1 aliphatic carbocycles. The van der Waals surface area contributed by atoms with Crippen LogP contribution < -0.4 is 0 Å². The summed E-state index contributed by atoms with van der Waals surface area (Å²) in [5.41, 5.74) is 2.86. The van der Waals surface area contributed by atoms with Crippen LogP contribution >= 0.6 is 0 Å². The molecule has 2 saturated heterocycles. The standard InChI is InChI=1S/C34H51N5O6/c1-36(25-32(42-2)43-3)31(40)13-22-44-21-12-28-6-4-27(5-7-28)10-16-37-18-14-34(15-19-37)26-38(20-23-45-34)33(41)30-11-17-39(35-30)24-29-8-9-29/h4-7,11,17,29,32H,8-10,12-16,18-26H2,1-3H3. The van der Waals surface area contributed by atoms with E-state index in [1.54, 1.807) is 26.2 Å². The van der Waals surface area contributed by atoms with Gasteiger partial charge in [0, 0.05) is 60.2 Å². The van der Waals surface area contributed by atoms with Gasteiger partial charge < -0.3 is 33.6 Å². The normalized spacial score (nSPS) is 18.5. The van der Waals surface area contributed by atoms with E-state index in [1.165, 1.54) is 24.0 Å². The van der Waals surface area contributed by atoms with Gasteiger partial charge in [-0.2, -0.15) is 5.10 Å². The highest BCUT2D eigenvalue weighted by Crippen LogP contribution is 2.32. The first-order chi connectivity index (χ1) is 21.9. The van der Waals surface area contributed by atoms with E-state index in [9.17, 15) is 9.59 Å². The van der Waals surface area contributed by atoms with Gasteiger partial charge in [0.15, 0.2) is 6.29 Å². The maximum absolute atomic E-state index is 13.2. The van der Waals surface area contributed by atoms with Gasteiger partial charge in [-0.3, -0.25) is 14.3 Å². The number of benzene rings is 1. The molecule has 5 rings (SSSR count). The van der Waals surface area contributed by atoms with Crippen LogP contribution in [0.2, 0.25) is 0 Å². The van der Waals surface area contributed by atoms with E-state index in [-0.39, 0.29) is 17.4 Å². The highest BCUT2D eigenvalue weighted by Gasteiger charge is 2.41. The van der Waals surface area contributed by atoms with Crippen molar-refractivity contribution in [2.45, 2.75) is 63.4 Å². The third-order valence-electron chi connectivity index (χ3n) is 9.41. The van der Waals surface area contributed by atoms with Crippen LogP contribution in [0.15, 0.2) is 36.5 Å². The number of likely N-dealkylation sites (N-methyl/N-ethyl adjacent to an activating group) is 1. The van der Waals surface area contributed by atoms with E-state index in [1.807, 2.05) is 21.8 Å². The van der Waals surface area contributed by atoms with Gasteiger partial charge in [0.2, 0.25) is 5.91 Å². The van der Waals surface area contributed by atoms with E-state index in [2.05, 4.69) is 34.3 Å². The van der Waals surface area contributed by atoms with Gasteiger partial charge in [-0.15, -0.1) is 0 Å². The van der Waals surface area contributed by atoms with Gasteiger partial charge in [-0.1, -0.05) is 24.3 Å². The van der Waals surface area contributed by atoms with E-state index in [4.69, 9.17) is 18.9 Å². The van der Waals surface area contributed by atoms with Crippen LogP contribution in [0.25, 0.3) is 0 Å². The molecular formula is C34H51N5O6. The molecule has 2 amide bonds. The zero-order chi connectivity index (χ0) is 31.6. The van der Waals surface area contributed by atoms with Crippen molar-refractivity contribution in [1.82, 2.24) is 24.5 Å². The summed E-state index contributed by atoms with van der Waals surface area (Å²) in [5.74, 6) is 0.769. The number of aromatic nitrogens is 2. The number of amides is 2. The molecule has 0 bridgehead atoms. The quantitative estimate of drug-likeness (QED) is 0.208. The molecular weight excluding hydrogens is 574 g/mol. The molecule has 0 radical (unpaired) electrons. The van der Waals surface area contributed by atoms with Crippen molar-refractivity contribution in [1.29, 1.82) is 0 Å². The molecule has 45 heavy (non-hydrogen) atoms. The Kier molecular flexibility index (Phi) is 12.0. The zero-order valence-electron chi connectivity index (χ0n) is 27.3. The van der Waals surface area contributed by atoms with Gasteiger partial charge in [0.05, 0.1) is 44.9 Å². The second kappa shape index (κ2) is 16.1. The van der Waals surface area contributed by atoms with Gasteiger partial charge in [-0.25, -0.2) is 0 Å². The van der Waals surface area contributed by atoms with Crippen LogP contribution in [0.5, 0.6) is 0 Å². The number of methoxy groups -OCH3 is 2. The number of carbonyl (C=O) groups excluding carboxylic acids is 2. The predicted molar refractivity (Wildman–Crippen MR) is 170 cm³/mol. The van der Waals surface area contributed by atoms with Gasteiger partial charge >= 0.3 is 0 Å². The van der Waals surface area contributed by atoms with Crippen LogP contribution in [0.4, 0.5) is 0 Å². The minimum atomic E-state index is -0.422. The minimum absolute atomic E-state index is 0.00787. The van der Waals surface area contributed by atoms with Crippen molar-refractivity contribution in [2.24, 2.45) is 5.92 Å². The molecule has 0 unspecified atom stereocenters. The Morgan fingerprint density at radius 2 is 1.73 bits per heavy atom. The Bertz CT molecular complexity index is 1220. The van der Waals surface area contributed by atoms with Crippen LogP contribution in [0, 0.1) is 5.92 Å². The molecule has 11 heteroatoms. The third kappa shape index (κ3) is 9.83. The second-order valence-electron chi connectivity index (χ2n) is 12.8. The summed E-state index contributed by atoms with van der Waals surface area (Å²) in [7, 11) is 4.86. The molecule has 1 aromatic heterocycles. The van der Waals surface area contributed by atoms with Crippen LogP contribution in [-0.4, -0.2) is 129 Å². The Labute approximate surface area is 267 Å². The maximum Gasteiger partial charge on any atom is 0.274 e. The fraction of sp³-hybridized carbons (Fsp3) is 0.676. The van der Waals surface area contributed by atoms with Gasteiger partial charge in [0.25, 0.3) is 5.91 Å². The number of carbonyl (C=O) groups is 2. The first-order valence-electron chi connectivity index (χ1n) is 16.5. The third-order valence-corrected chi connectivity index (χ3v) is 9.41. The summed E-state index contributed by atoms with van der Waals surface area (Å²) in [6.07, 6.45) is 8.09. The van der Waals surface area contributed by atoms with E-state index in [0.717, 1.165) is 57.8 Å². The first-order valence-corrected chi connectivity index (χ1v) is 16.5. The SMILES string of the molecule is COC(CN(C)C(=O)CCOCCc1ccc(CCN2CCC3(CC2)CN(C(=O)c2ccn(CC4CC4)n2)CCO3)cc1)OC. The van der Waals surface area contributed by atoms with Crippen LogP contribution in [0.3, 0.4) is 0 Å². The molecule has 11 nitrogen and oxygen atoms in total. The van der Waals surface area contributed by atoms with E-state index >= 15 is 0 Å². The zero-order valence-corrected chi connectivity index (χ0v) is 27.3. The van der Waals surface area contributed by atoms with Crippen molar-refractivity contribution in [3.05, 3.63) is 53.3 Å². The fourth-order valence-corrected chi connectivity index (χ4v) is 6.18. The number of piperidine rings is 1. The number of morpholine rings is 1. The number of hydrogen-bond donors (Lipinski definition) is 0. The number of hydrogen-bond acceptors (Lipinski definition) is 8. The lowest BCUT2D eigenvalue weighted by molar-refractivity contribution is -0.143. The summed E-state index contributed by atoms with van der Waals surface area (Å²) < 4.78 is 24.3. The highest BCUT2D eigenvalue weighted by atomic mass is 16.7. The van der Waals surface area contributed by atoms with E-state index in [0.29, 0.717) is 51.6 Å². The summed E-state index contributed by atoms with van der Waals surface area (Å²) in [5, 5.41) is 4.57. The van der Waals surface area contributed by atoms with Crippen LogP contribution in [0.1, 0.15) is 53.7 Å². The predicted octanol–water partition coefficient (Wildman–Crippen LogP) is 2.87. The smallest absolute Gasteiger partial charge is 0.274 e. The molecule has 2 aromatic rings. The molecule has 0 atom stereocenters. The van der Waals surface area contributed by atoms with Crippen molar-refractivity contribution < 1.29 is 28.5 Å². The van der Waals surface area contributed by atoms with Crippen LogP contribution in [-0.2, 0) is 43.1 Å². The van der Waals surface area contributed by atoms with Crippen molar-refractivity contribution in [2.75, 3.05) is 80.4 Å². The summed E-state index contributed by atoms with van der Waals surface area (Å²) >= 11 is 0. The summed E-state index contributed by atoms with van der Waals surface area (Å²) in [4.78, 5) is 31.6. The topological polar surface area (TPSA) is 98.6 Å². The maximum atomic E-state index is 13.2. The first kappa shape index (κ1) is 33.5. The molecule has 2 aliphatic heterocycles. The molecule has 3 fully saturated rings. The van der Waals surface area contributed by atoms with Gasteiger partial charge in [-0.05, 0) is 61.6 Å². The second-order valence-corrected chi connectivity index (χ2v) is 12.8. The van der Waals surface area contributed by atoms with Crippen molar-refractivity contribution in [3.8, 4) is 0 Å². The molecule has 1 saturated carbocycles. The molecule has 1 aromatic carbocycles. The Hall–Kier alpha value is -2.83. The Morgan fingerprint density at radius 3 is 2.42 bits per heavy atom. The Morgan fingerprint density at radius 1 is 1.02 bits per heavy atom. The van der Waals surface area contributed by atoms with E-state index < -0.39 is 6.29 Å². The number of likely N-dealkylation sites (tertiary alicyclic amines) is 1. The Balaban J connectivity index is 0.965. The largest absolute Gasteiger partial charge is 0.381 e. The molecule has 3 heterocycles. The average molecular weight is 626 g/mol. The average Bonchev–Trinajstić information content (AvgIpc) is 3.76. The summed E-state index contributed by atoms with van der Waals surface area (Å²) in [6, 6.07) is 10.6. The lowest BCUT2D eigenvalue weighted by atomic mass is 9.89. The lowest BCUT2D eigenvalue weighted by Crippen LogP contribution is -2.58. The van der Waals surface area contributed by atoms with Gasteiger partial charge in [0.1, 0.15) is 5.69 Å². The molecule has 0 N–H and O–H groups in total. The van der Waals surface area contributed by atoms with Crippen molar-refractivity contribution in [3.63, 3.8) is 0 Å².